The number of thiophene rings is 1. The van der Waals surface area contributed by atoms with Crippen molar-refractivity contribution in [1.29, 1.82) is 0 Å². The Bertz CT molecular complexity index is 676. The molecule has 0 unspecified atom stereocenters. The van der Waals surface area contributed by atoms with Gasteiger partial charge in [-0.25, -0.2) is 4.98 Å². The van der Waals surface area contributed by atoms with Gasteiger partial charge in [-0.05, 0) is 11.4 Å². The predicted molar refractivity (Wildman–Crippen MR) is 75.2 cm³/mol. The zero-order chi connectivity index (χ0) is 13.8. The molecule has 2 N–H and O–H groups in total. The van der Waals surface area contributed by atoms with Gasteiger partial charge >= 0.3 is 0 Å². The standard InChI is InChI=1S/C11H10N6OS2/c18-10(12-4-9-14-16-17-15-9)3-8-6-20-11(13-8)7-1-2-19-5-7/h1-2,5-6H,3-4H2,(H,12,18)(H,14,15,16,17). The number of hydrogen-bond donors (Lipinski definition) is 2. The van der Waals surface area contributed by atoms with E-state index in [0.29, 0.717) is 5.82 Å². The molecule has 102 valence electrons. The van der Waals surface area contributed by atoms with Crippen LogP contribution in [0.2, 0.25) is 0 Å². The van der Waals surface area contributed by atoms with Crippen molar-refractivity contribution in [2.75, 3.05) is 0 Å². The molecular weight excluding hydrogens is 296 g/mol. The number of amides is 1. The summed E-state index contributed by atoms with van der Waals surface area (Å²) >= 11 is 3.17. The number of hydrogen-bond acceptors (Lipinski definition) is 7. The minimum atomic E-state index is -0.114. The molecule has 0 fully saturated rings. The zero-order valence-corrected chi connectivity index (χ0v) is 11.9. The van der Waals surface area contributed by atoms with Gasteiger partial charge in [0, 0.05) is 16.3 Å². The lowest BCUT2D eigenvalue weighted by molar-refractivity contribution is -0.120. The minimum Gasteiger partial charge on any atom is -0.348 e. The highest BCUT2D eigenvalue weighted by Crippen LogP contribution is 2.25. The highest BCUT2D eigenvalue weighted by molar-refractivity contribution is 7.14. The average Bonchev–Trinajstić information content (AvgIpc) is 3.18. The van der Waals surface area contributed by atoms with E-state index >= 15 is 0 Å². The van der Waals surface area contributed by atoms with Crippen molar-refractivity contribution in [3.8, 4) is 10.6 Å². The second-order valence-electron chi connectivity index (χ2n) is 3.94. The van der Waals surface area contributed by atoms with E-state index in [1.807, 2.05) is 22.2 Å². The van der Waals surface area contributed by atoms with Gasteiger partial charge in [-0.15, -0.1) is 21.5 Å². The van der Waals surface area contributed by atoms with E-state index in [0.717, 1.165) is 16.3 Å². The molecule has 0 saturated carbocycles. The summed E-state index contributed by atoms with van der Waals surface area (Å²) in [5.74, 6) is 0.340. The molecule has 7 nitrogen and oxygen atoms in total. The molecule has 0 aliphatic heterocycles. The number of thiazole rings is 1. The summed E-state index contributed by atoms with van der Waals surface area (Å²) in [4.78, 5) is 16.2. The van der Waals surface area contributed by atoms with Crippen LogP contribution in [0.15, 0.2) is 22.2 Å². The predicted octanol–water partition coefficient (Wildman–Crippen LogP) is 1.24. The molecule has 0 aliphatic carbocycles. The van der Waals surface area contributed by atoms with Crippen molar-refractivity contribution in [2.45, 2.75) is 13.0 Å². The van der Waals surface area contributed by atoms with Gasteiger partial charge in [-0.2, -0.15) is 16.6 Å². The number of carbonyl (C=O) groups excluding carboxylic acids is 1. The van der Waals surface area contributed by atoms with Gasteiger partial charge in [0.25, 0.3) is 0 Å². The Balaban J connectivity index is 1.56. The Morgan fingerprint density at radius 3 is 3.10 bits per heavy atom. The largest absolute Gasteiger partial charge is 0.348 e. The van der Waals surface area contributed by atoms with Gasteiger partial charge in [0.1, 0.15) is 5.01 Å². The summed E-state index contributed by atoms with van der Waals surface area (Å²) in [6.45, 7) is 0.261. The fraction of sp³-hybridized carbons (Fsp3) is 0.182. The van der Waals surface area contributed by atoms with Crippen LogP contribution in [-0.4, -0.2) is 31.5 Å². The molecule has 3 rings (SSSR count). The van der Waals surface area contributed by atoms with Gasteiger partial charge < -0.3 is 5.32 Å². The Hall–Kier alpha value is -2.13. The van der Waals surface area contributed by atoms with Crippen LogP contribution >= 0.6 is 22.7 Å². The van der Waals surface area contributed by atoms with Gasteiger partial charge in [0.05, 0.1) is 18.7 Å². The van der Waals surface area contributed by atoms with E-state index in [4.69, 9.17) is 0 Å². The number of rotatable bonds is 5. The van der Waals surface area contributed by atoms with Crippen LogP contribution in [0.4, 0.5) is 0 Å². The molecule has 0 bridgehead atoms. The maximum atomic E-state index is 11.8. The fourth-order valence-electron chi connectivity index (χ4n) is 1.57. The maximum Gasteiger partial charge on any atom is 0.226 e. The third kappa shape index (κ3) is 3.06. The smallest absolute Gasteiger partial charge is 0.226 e. The first-order chi connectivity index (χ1) is 9.81. The number of nitrogens with zero attached hydrogens (tertiary/aromatic N) is 4. The number of aromatic nitrogens is 5. The molecule has 3 aromatic heterocycles. The summed E-state index contributed by atoms with van der Waals surface area (Å²) in [5, 5.41) is 22.9. The lowest BCUT2D eigenvalue weighted by Gasteiger charge is -1.99. The topological polar surface area (TPSA) is 96.5 Å². The Kier molecular flexibility index (Phi) is 3.79. The molecular formula is C11H10N6OS2. The lowest BCUT2D eigenvalue weighted by Crippen LogP contribution is -2.25. The lowest BCUT2D eigenvalue weighted by atomic mass is 10.3. The molecule has 3 heterocycles. The molecule has 0 atom stereocenters. The summed E-state index contributed by atoms with van der Waals surface area (Å²) in [6, 6.07) is 2.02. The first kappa shape index (κ1) is 12.9. The molecule has 1 amide bonds. The molecule has 0 saturated heterocycles. The number of nitrogens with one attached hydrogen (secondary N) is 2. The van der Waals surface area contributed by atoms with Crippen molar-refractivity contribution < 1.29 is 4.79 Å². The van der Waals surface area contributed by atoms with E-state index in [1.165, 1.54) is 0 Å². The summed E-state index contributed by atoms with van der Waals surface area (Å²) in [7, 11) is 0. The van der Waals surface area contributed by atoms with E-state index in [9.17, 15) is 4.79 Å². The Morgan fingerprint density at radius 2 is 2.35 bits per heavy atom. The summed E-state index contributed by atoms with van der Waals surface area (Å²) in [5.41, 5.74) is 1.86. The zero-order valence-electron chi connectivity index (χ0n) is 10.2. The second-order valence-corrected chi connectivity index (χ2v) is 5.58. The summed E-state index contributed by atoms with van der Waals surface area (Å²) in [6.07, 6.45) is 0.249. The first-order valence-electron chi connectivity index (χ1n) is 5.77. The molecule has 20 heavy (non-hydrogen) atoms. The molecule has 0 aliphatic rings. The van der Waals surface area contributed by atoms with E-state index in [-0.39, 0.29) is 18.9 Å². The van der Waals surface area contributed by atoms with Crippen LogP contribution < -0.4 is 5.32 Å². The highest BCUT2D eigenvalue weighted by atomic mass is 32.1. The van der Waals surface area contributed by atoms with Crippen molar-refractivity contribution in [2.24, 2.45) is 0 Å². The quantitative estimate of drug-likeness (QED) is 0.739. The number of H-pyrrole nitrogens is 1. The van der Waals surface area contributed by atoms with Crippen molar-refractivity contribution in [3.05, 3.63) is 33.7 Å². The molecule has 9 heteroatoms. The second kappa shape index (κ2) is 5.88. The fourth-order valence-corrected chi connectivity index (χ4v) is 3.10. The average molecular weight is 306 g/mol. The van der Waals surface area contributed by atoms with Gasteiger partial charge in [0.2, 0.25) is 5.91 Å². The van der Waals surface area contributed by atoms with E-state index < -0.39 is 0 Å². The summed E-state index contributed by atoms with van der Waals surface area (Å²) < 4.78 is 0. The highest BCUT2D eigenvalue weighted by Gasteiger charge is 2.10. The molecule has 0 aromatic carbocycles. The van der Waals surface area contributed by atoms with E-state index in [2.05, 4.69) is 30.9 Å². The monoisotopic (exact) mass is 306 g/mol. The van der Waals surface area contributed by atoms with Crippen LogP contribution in [0.25, 0.3) is 10.6 Å². The first-order valence-corrected chi connectivity index (χ1v) is 7.59. The molecule has 0 spiro atoms. The Morgan fingerprint density at radius 1 is 1.40 bits per heavy atom. The van der Waals surface area contributed by atoms with Gasteiger partial charge in [-0.1, -0.05) is 5.21 Å². The van der Waals surface area contributed by atoms with Crippen LogP contribution in [0.1, 0.15) is 11.5 Å². The normalized spacial score (nSPS) is 10.6. The van der Waals surface area contributed by atoms with Crippen LogP contribution in [0.3, 0.4) is 0 Å². The maximum absolute atomic E-state index is 11.8. The SMILES string of the molecule is O=C(Cc1csc(-c2ccsc2)n1)NCc1nn[nH]n1. The minimum absolute atomic E-state index is 0.114. The number of carbonyl (C=O) groups is 1. The van der Waals surface area contributed by atoms with Gasteiger partial charge in [-0.3, -0.25) is 4.79 Å². The number of aromatic amines is 1. The molecule has 0 radical (unpaired) electrons. The third-order valence-corrected chi connectivity index (χ3v) is 4.12. The Labute approximate surface area is 122 Å². The molecule has 3 aromatic rings. The van der Waals surface area contributed by atoms with Crippen molar-refractivity contribution >= 4 is 28.6 Å². The van der Waals surface area contributed by atoms with Crippen molar-refractivity contribution in [3.63, 3.8) is 0 Å². The van der Waals surface area contributed by atoms with Crippen molar-refractivity contribution in [1.82, 2.24) is 30.9 Å². The third-order valence-electron chi connectivity index (χ3n) is 2.49. The van der Waals surface area contributed by atoms with Crippen LogP contribution in [0.5, 0.6) is 0 Å². The van der Waals surface area contributed by atoms with E-state index in [1.54, 1.807) is 22.7 Å². The van der Waals surface area contributed by atoms with Crippen LogP contribution in [0, 0.1) is 0 Å². The number of tetrazole rings is 1. The van der Waals surface area contributed by atoms with Gasteiger partial charge in [0.15, 0.2) is 5.82 Å². The van der Waals surface area contributed by atoms with Crippen LogP contribution in [-0.2, 0) is 17.8 Å².